The van der Waals surface area contributed by atoms with E-state index in [9.17, 15) is 0 Å². The van der Waals surface area contributed by atoms with Crippen LogP contribution in [0.1, 0.15) is 0 Å². The first kappa shape index (κ1) is 31.9. The van der Waals surface area contributed by atoms with Crippen molar-refractivity contribution in [3.63, 3.8) is 0 Å². The maximum absolute atomic E-state index is 6.54. The lowest BCUT2D eigenvalue weighted by atomic mass is 9.93. The molecule has 0 saturated heterocycles. The fourth-order valence-corrected chi connectivity index (χ4v) is 7.93. The fraction of sp³-hybridized carbons (Fsp3) is 0. The van der Waals surface area contributed by atoms with E-state index in [1.807, 2.05) is 42.5 Å². The van der Waals surface area contributed by atoms with Crippen LogP contribution in [0.25, 0.3) is 111 Å². The summed E-state index contributed by atoms with van der Waals surface area (Å²) in [4.78, 5) is 10.5. The molecule has 0 aliphatic carbocycles. The van der Waals surface area contributed by atoms with E-state index in [1.54, 1.807) is 0 Å². The molecule has 262 valence electrons. The lowest BCUT2D eigenvalue weighted by molar-refractivity contribution is 0.669. The van der Waals surface area contributed by atoms with E-state index in [0.717, 1.165) is 105 Å². The average Bonchev–Trinajstić information content (AvgIpc) is 3.85. The molecular weight excluding hydrogens is 685 g/mol. The number of furan rings is 2. The van der Waals surface area contributed by atoms with E-state index in [4.69, 9.17) is 18.8 Å². The minimum Gasteiger partial charge on any atom is -0.456 e. The summed E-state index contributed by atoms with van der Waals surface area (Å²) in [6.45, 7) is 0. The van der Waals surface area contributed by atoms with Crippen molar-refractivity contribution in [2.75, 3.05) is 0 Å². The Balaban J connectivity index is 1.10. The first-order chi connectivity index (χ1) is 27.7. The summed E-state index contributed by atoms with van der Waals surface area (Å²) in [7, 11) is 0. The summed E-state index contributed by atoms with van der Waals surface area (Å²) in [5, 5.41) is 4.42. The van der Waals surface area contributed by atoms with E-state index in [0.29, 0.717) is 5.82 Å². The van der Waals surface area contributed by atoms with Gasteiger partial charge in [0, 0.05) is 43.8 Å². The van der Waals surface area contributed by atoms with Gasteiger partial charge in [-0.05, 0) is 82.4 Å². The van der Waals surface area contributed by atoms with E-state index < -0.39 is 0 Å². The number of para-hydroxylation sites is 3. The molecule has 0 bridgehead atoms. The monoisotopic (exact) mass is 716 g/mol. The van der Waals surface area contributed by atoms with Crippen LogP contribution in [-0.2, 0) is 0 Å². The zero-order valence-corrected chi connectivity index (χ0v) is 30.2. The van der Waals surface area contributed by atoms with Gasteiger partial charge in [-0.25, -0.2) is 9.97 Å². The second kappa shape index (κ2) is 13.1. The highest BCUT2D eigenvalue weighted by molar-refractivity contribution is 6.10. The summed E-state index contributed by atoms with van der Waals surface area (Å²) in [6, 6.07) is 67.4. The standard InChI is InChI=1S/C52H32N2O2/c1-3-13-33(14-4-1)38-28-39(41-21-12-22-44-42-19-7-10-24-49(42)56-51(41)44)30-40(29-38)47-32-46(53-52(54-47)34-15-5-2-6-16-34)37-18-11-17-35(27-37)36-25-26-50-45(31-36)43-20-8-9-23-48(43)55-50/h1-32H. The van der Waals surface area contributed by atoms with Crippen LogP contribution in [0, 0.1) is 0 Å². The van der Waals surface area contributed by atoms with E-state index >= 15 is 0 Å². The van der Waals surface area contributed by atoms with Gasteiger partial charge < -0.3 is 8.83 Å². The highest BCUT2D eigenvalue weighted by Crippen LogP contribution is 2.40. The Bertz CT molecular complexity index is 3250. The van der Waals surface area contributed by atoms with Gasteiger partial charge in [0.25, 0.3) is 0 Å². The molecule has 0 unspecified atom stereocenters. The third-order valence-corrected chi connectivity index (χ3v) is 10.7. The van der Waals surface area contributed by atoms with Crippen LogP contribution in [0.3, 0.4) is 0 Å². The molecule has 0 spiro atoms. The van der Waals surface area contributed by atoms with E-state index in [1.165, 1.54) is 0 Å². The summed E-state index contributed by atoms with van der Waals surface area (Å²) in [5.41, 5.74) is 14.7. The highest BCUT2D eigenvalue weighted by atomic mass is 16.3. The first-order valence-electron chi connectivity index (χ1n) is 18.8. The van der Waals surface area contributed by atoms with E-state index in [-0.39, 0.29) is 0 Å². The molecule has 11 aromatic rings. The largest absolute Gasteiger partial charge is 0.456 e. The molecule has 0 amide bonds. The summed E-state index contributed by atoms with van der Waals surface area (Å²) in [5.74, 6) is 0.667. The predicted octanol–water partition coefficient (Wildman–Crippen LogP) is 14.3. The molecule has 11 rings (SSSR count). The summed E-state index contributed by atoms with van der Waals surface area (Å²) >= 11 is 0. The average molecular weight is 717 g/mol. The van der Waals surface area contributed by atoms with Crippen molar-refractivity contribution in [1.82, 2.24) is 9.97 Å². The van der Waals surface area contributed by atoms with Gasteiger partial charge in [0.1, 0.15) is 22.3 Å². The maximum Gasteiger partial charge on any atom is 0.160 e. The van der Waals surface area contributed by atoms with Crippen molar-refractivity contribution in [2.24, 2.45) is 0 Å². The number of benzene rings is 8. The van der Waals surface area contributed by atoms with Crippen molar-refractivity contribution >= 4 is 43.9 Å². The van der Waals surface area contributed by atoms with Crippen molar-refractivity contribution in [3.8, 4) is 67.3 Å². The summed E-state index contributed by atoms with van der Waals surface area (Å²) < 4.78 is 12.7. The molecule has 4 heteroatoms. The van der Waals surface area contributed by atoms with Crippen LogP contribution in [-0.4, -0.2) is 9.97 Å². The second-order valence-electron chi connectivity index (χ2n) is 14.2. The van der Waals surface area contributed by atoms with Crippen LogP contribution < -0.4 is 0 Å². The Labute approximate surface area is 323 Å². The van der Waals surface area contributed by atoms with Gasteiger partial charge >= 0.3 is 0 Å². The maximum atomic E-state index is 6.54. The van der Waals surface area contributed by atoms with Gasteiger partial charge in [0.2, 0.25) is 0 Å². The van der Waals surface area contributed by atoms with Gasteiger partial charge in [-0.3, -0.25) is 0 Å². The molecule has 0 fully saturated rings. The molecular formula is C52H32N2O2. The normalized spacial score (nSPS) is 11.6. The Morgan fingerprint density at radius 3 is 1.62 bits per heavy atom. The molecule has 0 atom stereocenters. The van der Waals surface area contributed by atoms with Gasteiger partial charge in [0.05, 0.1) is 11.4 Å². The number of fused-ring (bicyclic) bond motifs is 6. The highest BCUT2D eigenvalue weighted by Gasteiger charge is 2.17. The zero-order valence-electron chi connectivity index (χ0n) is 30.2. The fourth-order valence-electron chi connectivity index (χ4n) is 7.93. The quantitative estimate of drug-likeness (QED) is 0.172. The van der Waals surface area contributed by atoms with Crippen molar-refractivity contribution in [3.05, 3.63) is 194 Å². The number of hydrogen-bond donors (Lipinski definition) is 0. The minimum atomic E-state index is 0.667. The van der Waals surface area contributed by atoms with Crippen molar-refractivity contribution in [1.29, 1.82) is 0 Å². The molecule has 0 radical (unpaired) electrons. The van der Waals surface area contributed by atoms with Crippen LogP contribution in [0.4, 0.5) is 0 Å². The Morgan fingerprint density at radius 1 is 0.286 bits per heavy atom. The van der Waals surface area contributed by atoms with Crippen LogP contribution in [0.5, 0.6) is 0 Å². The van der Waals surface area contributed by atoms with Crippen LogP contribution in [0.15, 0.2) is 203 Å². The number of hydrogen-bond acceptors (Lipinski definition) is 4. The SMILES string of the molecule is c1ccc(-c2cc(-c3cc(-c4cccc(-c5ccc6oc7ccccc7c6c5)c4)nc(-c4ccccc4)n3)cc(-c3cccc4c3oc3ccccc34)c2)cc1. The molecule has 0 aliphatic heterocycles. The topological polar surface area (TPSA) is 52.1 Å². The zero-order chi connectivity index (χ0) is 37.0. The molecule has 3 heterocycles. The Kier molecular flexibility index (Phi) is 7.46. The van der Waals surface area contributed by atoms with Gasteiger partial charge in [-0.15, -0.1) is 0 Å². The molecule has 3 aromatic heterocycles. The molecule has 56 heavy (non-hydrogen) atoms. The van der Waals surface area contributed by atoms with Gasteiger partial charge in [-0.1, -0.05) is 140 Å². The van der Waals surface area contributed by atoms with Gasteiger partial charge in [0.15, 0.2) is 5.82 Å². The molecule has 8 aromatic carbocycles. The molecule has 4 nitrogen and oxygen atoms in total. The van der Waals surface area contributed by atoms with Gasteiger partial charge in [-0.2, -0.15) is 0 Å². The number of aromatic nitrogens is 2. The molecule has 0 aliphatic rings. The minimum absolute atomic E-state index is 0.667. The molecule has 0 saturated carbocycles. The van der Waals surface area contributed by atoms with Crippen LogP contribution >= 0.6 is 0 Å². The lowest BCUT2D eigenvalue weighted by Crippen LogP contribution is -1.97. The third-order valence-electron chi connectivity index (χ3n) is 10.7. The second-order valence-corrected chi connectivity index (χ2v) is 14.2. The van der Waals surface area contributed by atoms with Crippen LogP contribution in [0.2, 0.25) is 0 Å². The Hall–Kier alpha value is -7.56. The first-order valence-corrected chi connectivity index (χ1v) is 18.8. The smallest absolute Gasteiger partial charge is 0.160 e. The lowest BCUT2D eigenvalue weighted by Gasteiger charge is -2.14. The van der Waals surface area contributed by atoms with Crippen molar-refractivity contribution < 1.29 is 8.83 Å². The van der Waals surface area contributed by atoms with E-state index in [2.05, 4.69) is 152 Å². The summed E-state index contributed by atoms with van der Waals surface area (Å²) in [6.07, 6.45) is 0. The molecule has 0 N–H and O–H groups in total. The third kappa shape index (κ3) is 5.55. The predicted molar refractivity (Wildman–Crippen MR) is 229 cm³/mol. The number of rotatable bonds is 6. The Morgan fingerprint density at radius 2 is 0.821 bits per heavy atom. The van der Waals surface area contributed by atoms with Crippen molar-refractivity contribution in [2.45, 2.75) is 0 Å². The number of nitrogens with zero attached hydrogens (tertiary/aromatic N) is 2.